The average molecular weight is 371 g/mol. The third-order valence-electron chi connectivity index (χ3n) is 4.77. The molecule has 0 aliphatic heterocycles. The first-order chi connectivity index (χ1) is 13.0. The van der Waals surface area contributed by atoms with Gasteiger partial charge in [-0.3, -0.25) is 14.0 Å². The van der Waals surface area contributed by atoms with Crippen LogP contribution in [0.3, 0.4) is 0 Å². The Labute approximate surface area is 159 Å². The summed E-state index contributed by atoms with van der Waals surface area (Å²) in [7, 11) is 3.63. The number of furan rings is 1. The molecule has 0 N–H and O–H groups in total. The standard InChI is InChI=1S/C21H29N3O3/c1-16(2)26-12-6-10-24(15-18-7-5-11-27-18)14-17-8-9-19-20(13-17)23(4)21(25)22(19)3/h5,7-9,11,13,16H,6,10,12,14-15H2,1-4H3. The summed E-state index contributed by atoms with van der Waals surface area (Å²) in [4.78, 5) is 14.5. The molecule has 2 heterocycles. The first-order valence-electron chi connectivity index (χ1n) is 9.46. The predicted molar refractivity (Wildman–Crippen MR) is 107 cm³/mol. The summed E-state index contributed by atoms with van der Waals surface area (Å²) in [6.07, 6.45) is 2.93. The Morgan fingerprint density at radius 1 is 1.11 bits per heavy atom. The van der Waals surface area contributed by atoms with Crippen LogP contribution in [0.1, 0.15) is 31.6 Å². The zero-order valence-electron chi connectivity index (χ0n) is 16.6. The molecule has 0 fully saturated rings. The van der Waals surface area contributed by atoms with Crippen LogP contribution in [0.15, 0.2) is 45.8 Å². The highest BCUT2D eigenvalue weighted by Crippen LogP contribution is 2.17. The summed E-state index contributed by atoms with van der Waals surface area (Å²) < 4.78 is 14.6. The highest BCUT2D eigenvalue weighted by molar-refractivity contribution is 5.76. The molecular weight excluding hydrogens is 342 g/mol. The predicted octanol–water partition coefficient (Wildman–Crippen LogP) is 3.29. The van der Waals surface area contributed by atoms with Crippen molar-refractivity contribution in [2.75, 3.05) is 13.2 Å². The Balaban J connectivity index is 1.74. The highest BCUT2D eigenvalue weighted by atomic mass is 16.5. The molecule has 6 heteroatoms. The van der Waals surface area contributed by atoms with Crippen LogP contribution >= 0.6 is 0 Å². The maximum absolute atomic E-state index is 12.2. The van der Waals surface area contributed by atoms with Gasteiger partial charge in [-0.05, 0) is 50.1 Å². The van der Waals surface area contributed by atoms with E-state index in [1.807, 2.05) is 32.3 Å². The van der Waals surface area contributed by atoms with Crippen LogP contribution in [-0.2, 0) is 31.9 Å². The third kappa shape index (κ3) is 4.70. The fraction of sp³-hybridized carbons (Fsp3) is 0.476. The van der Waals surface area contributed by atoms with Crippen molar-refractivity contribution in [3.8, 4) is 0 Å². The maximum Gasteiger partial charge on any atom is 0.328 e. The van der Waals surface area contributed by atoms with Crippen molar-refractivity contribution in [3.05, 3.63) is 58.4 Å². The molecule has 3 aromatic rings. The molecule has 1 aromatic carbocycles. The topological polar surface area (TPSA) is 52.5 Å². The molecule has 27 heavy (non-hydrogen) atoms. The second-order valence-electron chi connectivity index (χ2n) is 7.29. The maximum atomic E-state index is 12.2. The highest BCUT2D eigenvalue weighted by Gasteiger charge is 2.12. The summed E-state index contributed by atoms with van der Waals surface area (Å²) in [5, 5.41) is 0. The Morgan fingerprint density at radius 2 is 1.89 bits per heavy atom. The zero-order chi connectivity index (χ0) is 19.4. The number of rotatable bonds is 9. The van der Waals surface area contributed by atoms with Crippen molar-refractivity contribution in [1.29, 1.82) is 0 Å². The van der Waals surface area contributed by atoms with E-state index in [1.54, 1.807) is 15.4 Å². The van der Waals surface area contributed by atoms with E-state index < -0.39 is 0 Å². The van der Waals surface area contributed by atoms with Crippen molar-refractivity contribution in [1.82, 2.24) is 14.0 Å². The summed E-state index contributed by atoms with van der Waals surface area (Å²) in [5.74, 6) is 0.952. The monoisotopic (exact) mass is 371 g/mol. The van der Waals surface area contributed by atoms with Crippen LogP contribution < -0.4 is 5.69 Å². The molecule has 0 aliphatic rings. The van der Waals surface area contributed by atoms with Crippen LogP contribution in [-0.4, -0.2) is 33.3 Å². The van der Waals surface area contributed by atoms with Gasteiger partial charge < -0.3 is 9.15 Å². The van der Waals surface area contributed by atoms with Crippen LogP contribution in [0.4, 0.5) is 0 Å². The average Bonchev–Trinajstić information content (AvgIpc) is 3.22. The van der Waals surface area contributed by atoms with E-state index in [9.17, 15) is 4.79 Å². The van der Waals surface area contributed by atoms with Gasteiger partial charge in [0, 0.05) is 33.8 Å². The lowest BCUT2D eigenvalue weighted by molar-refractivity contribution is 0.0687. The van der Waals surface area contributed by atoms with Gasteiger partial charge in [-0.2, -0.15) is 0 Å². The molecule has 0 saturated heterocycles. The zero-order valence-corrected chi connectivity index (χ0v) is 16.6. The van der Waals surface area contributed by atoms with Crippen molar-refractivity contribution < 1.29 is 9.15 Å². The summed E-state index contributed by atoms with van der Waals surface area (Å²) >= 11 is 0. The molecule has 0 spiro atoms. The first-order valence-corrected chi connectivity index (χ1v) is 9.46. The molecule has 0 bridgehead atoms. The van der Waals surface area contributed by atoms with Crippen molar-refractivity contribution in [2.24, 2.45) is 14.1 Å². The van der Waals surface area contributed by atoms with Gasteiger partial charge in [0.2, 0.25) is 0 Å². The SMILES string of the molecule is CC(C)OCCCN(Cc1ccc2c(c1)n(C)c(=O)n2C)Cc1ccco1. The van der Waals surface area contributed by atoms with Gasteiger partial charge in [-0.15, -0.1) is 0 Å². The molecule has 0 amide bonds. The number of aromatic nitrogens is 2. The van der Waals surface area contributed by atoms with E-state index >= 15 is 0 Å². The number of ether oxygens (including phenoxy) is 1. The van der Waals surface area contributed by atoms with E-state index in [2.05, 4.69) is 30.9 Å². The van der Waals surface area contributed by atoms with Crippen molar-refractivity contribution in [2.45, 2.75) is 39.5 Å². The number of hydrogen-bond acceptors (Lipinski definition) is 4. The summed E-state index contributed by atoms with van der Waals surface area (Å²) in [6.45, 7) is 7.32. The van der Waals surface area contributed by atoms with E-state index in [-0.39, 0.29) is 11.8 Å². The second kappa shape index (κ2) is 8.59. The van der Waals surface area contributed by atoms with Crippen LogP contribution in [0.5, 0.6) is 0 Å². The van der Waals surface area contributed by atoms with Gasteiger partial charge in [0.05, 0.1) is 29.9 Å². The minimum Gasteiger partial charge on any atom is -0.468 e. The molecule has 0 atom stereocenters. The number of aryl methyl sites for hydroxylation is 2. The minimum absolute atomic E-state index is 0.000394. The van der Waals surface area contributed by atoms with E-state index in [0.717, 1.165) is 49.5 Å². The van der Waals surface area contributed by atoms with Gasteiger partial charge in [-0.1, -0.05) is 6.07 Å². The lowest BCUT2D eigenvalue weighted by Gasteiger charge is -2.22. The molecule has 0 aliphatic carbocycles. The normalized spacial score (nSPS) is 11.9. The Hall–Kier alpha value is -2.31. The molecule has 2 aromatic heterocycles. The second-order valence-corrected chi connectivity index (χ2v) is 7.29. The Bertz CT molecular complexity index is 922. The smallest absolute Gasteiger partial charge is 0.328 e. The molecular formula is C21H29N3O3. The molecule has 0 radical (unpaired) electrons. The number of benzene rings is 1. The van der Waals surface area contributed by atoms with Crippen molar-refractivity contribution >= 4 is 11.0 Å². The Kier molecular flexibility index (Phi) is 6.19. The van der Waals surface area contributed by atoms with E-state index in [0.29, 0.717) is 0 Å². The minimum atomic E-state index is 0.000394. The molecule has 6 nitrogen and oxygen atoms in total. The number of imidazole rings is 1. The lowest BCUT2D eigenvalue weighted by Crippen LogP contribution is -2.25. The van der Waals surface area contributed by atoms with Crippen LogP contribution in [0, 0.1) is 0 Å². The van der Waals surface area contributed by atoms with Gasteiger partial charge in [0.1, 0.15) is 5.76 Å². The Morgan fingerprint density at radius 3 is 2.59 bits per heavy atom. The number of fused-ring (bicyclic) bond motifs is 1. The first kappa shape index (κ1) is 19.5. The fourth-order valence-corrected chi connectivity index (χ4v) is 3.35. The van der Waals surface area contributed by atoms with Gasteiger partial charge in [0.15, 0.2) is 0 Å². The van der Waals surface area contributed by atoms with Crippen molar-refractivity contribution in [3.63, 3.8) is 0 Å². The number of nitrogens with zero attached hydrogens (tertiary/aromatic N) is 3. The van der Waals surface area contributed by atoms with Crippen LogP contribution in [0.25, 0.3) is 11.0 Å². The van der Waals surface area contributed by atoms with E-state index in [1.165, 1.54) is 5.56 Å². The molecule has 0 saturated carbocycles. The molecule has 0 unspecified atom stereocenters. The number of hydrogen-bond donors (Lipinski definition) is 0. The fourth-order valence-electron chi connectivity index (χ4n) is 3.35. The lowest BCUT2D eigenvalue weighted by atomic mass is 10.1. The summed E-state index contributed by atoms with van der Waals surface area (Å²) in [5.41, 5.74) is 3.09. The van der Waals surface area contributed by atoms with Crippen LogP contribution in [0.2, 0.25) is 0 Å². The van der Waals surface area contributed by atoms with Gasteiger partial charge >= 0.3 is 5.69 Å². The quantitative estimate of drug-likeness (QED) is 0.542. The molecule has 3 rings (SSSR count). The van der Waals surface area contributed by atoms with Gasteiger partial charge in [-0.25, -0.2) is 4.79 Å². The third-order valence-corrected chi connectivity index (χ3v) is 4.77. The largest absolute Gasteiger partial charge is 0.468 e. The van der Waals surface area contributed by atoms with E-state index in [4.69, 9.17) is 9.15 Å². The summed E-state index contributed by atoms with van der Waals surface area (Å²) in [6, 6.07) is 10.2. The molecule has 146 valence electrons. The van der Waals surface area contributed by atoms with Gasteiger partial charge in [0.25, 0.3) is 0 Å².